The van der Waals surface area contributed by atoms with Crippen LogP contribution in [-0.2, 0) is 9.59 Å². The summed E-state index contributed by atoms with van der Waals surface area (Å²) in [5.41, 5.74) is 1.56. The van der Waals surface area contributed by atoms with Gasteiger partial charge in [0.05, 0.1) is 16.5 Å². The number of anilines is 1. The van der Waals surface area contributed by atoms with Crippen LogP contribution in [0.5, 0.6) is 0 Å². The summed E-state index contributed by atoms with van der Waals surface area (Å²) < 4.78 is 0. The average molecular weight is 341 g/mol. The molecule has 0 aliphatic carbocycles. The Morgan fingerprint density at radius 3 is 2.50 bits per heavy atom. The number of rotatable bonds is 4. The summed E-state index contributed by atoms with van der Waals surface area (Å²) in [6, 6.07) is 13.7. The van der Waals surface area contributed by atoms with E-state index in [0.29, 0.717) is 10.6 Å². The Morgan fingerprint density at radius 2 is 1.79 bits per heavy atom. The summed E-state index contributed by atoms with van der Waals surface area (Å²) in [4.78, 5) is 38.0. The van der Waals surface area contributed by atoms with Crippen molar-refractivity contribution in [3.63, 3.8) is 0 Å². The number of aryl methyl sites for hydroxylation is 1. The fraction of sp³-hybridized carbons (Fsp3) is 0.167. The number of hydrogen-bond acceptors (Lipinski definition) is 4. The van der Waals surface area contributed by atoms with E-state index in [0.717, 1.165) is 17.3 Å². The lowest BCUT2D eigenvalue weighted by Crippen LogP contribution is -2.31. The molecule has 6 heteroatoms. The first-order valence-electron chi connectivity index (χ1n) is 7.40. The van der Waals surface area contributed by atoms with Crippen molar-refractivity contribution in [1.82, 2.24) is 0 Å². The smallest absolute Gasteiger partial charge is 0.336 e. The van der Waals surface area contributed by atoms with E-state index in [1.165, 1.54) is 11.0 Å². The predicted octanol–water partition coefficient (Wildman–Crippen LogP) is 3.12. The van der Waals surface area contributed by atoms with Gasteiger partial charge >= 0.3 is 5.97 Å². The number of carbonyl (C=O) groups is 3. The molecule has 122 valence electrons. The molecule has 24 heavy (non-hydrogen) atoms. The van der Waals surface area contributed by atoms with Crippen LogP contribution in [0.1, 0.15) is 22.3 Å². The van der Waals surface area contributed by atoms with Gasteiger partial charge in [-0.25, -0.2) is 9.69 Å². The van der Waals surface area contributed by atoms with Crippen LogP contribution in [0.15, 0.2) is 53.4 Å². The topological polar surface area (TPSA) is 74.7 Å². The molecule has 1 saturated heterocycles. The molecule has 1 N–H and O–H groups in total. The van der Waals surface area contributed by atoms with E-state index in [1.807, 2.05) is 19.1 Å². The monoisotopic (exact) mass is 341 g/mol. The lowest BCUT2D eigenvalue weighted by atomic mass is 10.2. The number of para-hydroxylation sites is 1. The Morgan fingerprint density at radius 1 is 1.12 bits per heavy atom. The van der Waals surface area contributed by atoms with E-state index >= 15 is 0 Å². The van der Waals surface area contributed by atoms with Crippen molar-refractivity contribution in [1.29, 1.82) is 0 Å². The third-order valence-corrected chi connectivity index (χ3v) is 5.11. The van der Waals surface area contributed by atoms with E-state index in [1.54, 1.807) is 30.3 Å². The van der Waals surface area contributed by atoms with E-state index in [-0.39, 0.29) is 23.8 Å². The van der Waals surface area contributed by atoms with Crippen molar-refractivity contribution < 1.29 is 19.5 Å². The maximum Gasteiger partial charge on any atom is 0.336 e. The summed E-state index contributed by atoms with van der Waals surface area (Å²) in [5.74, 6) is -1.62. The number of hydrogen-bond donors (Lipinski definition) is 1. The van der Waals surface area contributed by atoms with Crippen LogP contribution in [0.2, 0.25) is 0 Å². The van der Waals surface area contributed by atoms with Crippen LogP contribution in [0.3, 0.4) is 0 Å². The van der Waals surface area contributed by atoms with Gasteiger partial charge < -0.3 is 5.11 Å². The highest BCUT2D eigenvalue weighted by molar-refractivity contribution is 8.00. The van der Waals surface area contributed by atoms with E-state index < -0.39 is 11.2 Å². The lowest BCUT2D eigenvalue weighted by molar-refractivity contribution is -0.121. The number of nitrogens with zero attached hydrogens (tertiary/aromatic N) is 1. The highest BCUT2D eigenvalue weighted by atomic mass is 32.2. The second kappa shape index (κ2) is 6.49. The molecule has 0 aromatic heterocycles. The zero-order valence-corrected chi connectivity index (χ0v) is 13.7. The lowest BCUT2D eigenvalue weighted by Gasteiger charge is -2.17. The first-order chi connectivity index (χ1) is 11.5. The van der Waals surface area contributed by atoms with Gasteiger partial charge in [0, 0.05) is 11.3 Å². The quantitative estimate of drug-likeness (QED) is 0.865. The molecule has 0 radical (unpaired) electrons. The normalized spacial score (nSPS) is 17.4. The third-order valence-electron chi connectivity index (χ3n) is 3.85. The molecule has 1 aliphatic rings. The molecule has 2 amide bonds. The second-order valence-electron chi connectivity index (χ2n) is 5.47. The van der Waals surface area contributed by atoms with Gasteiger partial charge in [-0.2, -0.15) is 0 Å². The molecule has 2 aromatic carbocycles. The molecule has 0 saturated carbocycles. The van der Waals surface area contributed by atoms with E-state index in [9.17, 15) is 19.5 Å². The molecule has 0 bridgehead atoms. The highest BCUT2D eigenvalue weighted by Crippen LogP contribution is 2.36. The second-order valence-corrected chi connectivity index (χ2v) is 6.71. The van der Waals surface area contributed by atoms with Gasteiger partial charge in [0.2, 0.25) is 11.8 Å². The predicted molar refractivity (Wildman–Crippen MR) is 91.3 cm³/mol. The van der Waals surface area contributed by atoms with Crippen LogP contribution in [-0.4, -0.2) is 28.1 Å². The van der Waals surface area contributed by atoms with Crippen LogP contribution in [0, 0.1) is 6.92 Å². The fourth-order valence-electron chi connectivity index (χ4n) is 2.66. The number of aromatic carboxylic acids is 1. The zero-order chi connectivity index (χ0) is 17.3. The molecule has 3 rings (SSSR count). The first-order valence-corrected chi connectivity index (χ1v) is 8.28. The highest BCUT2D eigenvalue weighted by Gasteiger charge is 2.41. The van der Waals surface area contributed by atoms with Crippen molar-refractivity contribution in [3.05, 3.63) is 59.7 Å². The SMILES string of the molecule is Cc1ccccc1N1C(=O)CC(Sc2ccccc2C(=O)O)C1=O. The van der Waals surface area contributed by atoms with Crippen LogP contribution >= 0.6 is 11.8 Å². The van der Waals surface area contributed by atoms with Gasteiger partial charge in [-0.05, 0) is 30.7 Å². The average Bonchev–Trinajstić information content (AvgIpc) is 2.82. The molecule has 2 aromatic rings. The van der Waals surface area contributed by atoms with Gasteiger partial charge in [-0.3, -0.25) is 9.59 Å². The van der Waals surface area contributed by atoms with Crippen molar-refractivity contribution in [3.8, 4) is 0 Å². The van der Waals surface area contributed by atoms with Crippen LogP contribution in [0.4, 0.5) is 5.69 Å². The van der Waals surface area contributed by atoms with Crippen LogP contribution < -0.4 is 4.90 Å². The number of imide groups is 1. The van der Waals surface area contributed by atoms with Gasteiger partial charge in [-0.1, -0.05) is 30.3 Å². The minimum Gasteiger partial charge on any atom is -0.478 e. The fourth-order valence-corrected chi connectivity index (χ4v) is 3.84. The standard InChI is InChI=1S/C18H15NO4S/c1-11-6-2-4-8-13(11)19-16(20)10-15(17(19)21)24-14-9-5-3-7-12(14)18(22)23/h2-9,15H,10H2,1H3,(H,22,23). The molecule has 1 heterocycles. The van der Waals surface area contributed by atoms with Gasteiger partial charge in [0.15, 0.2) is 0 Å². The summed E-state index contributed by atoms with van der Waals surface area (Å²) in [6.07, 6.45) is 0.0613. The molecule has 0 spiro atoms. The molecule has 5 nitrogen and oxygen atoms in total. The van der Waals surface area contributed by atoms with Gasteiger partial charge in [0.25, 0.3) is 0 Å². The first kappa shape index (κ1) is 16.3. The number of carboxylic acid groups (broad SMARTS) is 1. The van der Waals surface area contributed by atoms with Gasteiger partial charge in [0.1, 0.15) is 0 Å². The molecule has 1 aliphatic heterocycles. The Bertz CT molecular complexity index is 833. The Balaban J connectivity index is 1.88. The number of carbonyl (C=O) groups excluding carboxylic acids is 2. The van der Waals surface area contributed by atoms with E-state index in [4.69, 9.17) is 0 Å². The Kier molecular flexibility index (Phi) is 4.40. The van der Waals surface area contributed by atoms with Crippen molar-refractivity contribution in [2.75, 3.05) is 4.90 Å². The molecular weight excluding hydrogens is 326 g/mol. The largest absolute Gasteiger partial charge is 0.478 e. The number of amides is 2. The third kappa shape index (κ3) is 2.92. The summed E-state index contributed by atoms with van der Waals surface area (Å²) in [6.45, 7) is 1.84. The Hall–Kier alpha value is -2.60. The summed E-state index contributed by atoms with van der Waals surface area (Å²) >= 11 is 1.13. The van der Waals surface area contributed by atoms with Crippen molar-refractivity contribution >= 4 is 35.2 Å². The molecular formula is C18H15NO4S. The molecule has 1 unspecified atom stereocenters. The minimum atomic E-state index is -1.05. The summed E-state index contributed by atoms with van der Waals surface area (Å²) in [5, 5.41) is 8.63. The maximum atomic E-state index is 12.7. The van der Waals surface area contributed by atoms with Crippen molar-refractivity contribution in [2.45, 2.75) is 23.5 Å². The summed E-state index contributed by atoms with van der Waals surface area (Å²) in [7, 11) is 0. The Labute approximate surface area is 143 Å². The number of carboxylic acids is 1. The number of thioether (sulfide) groups is 1. The zero-order valence-electron chi connectivity index (χ0n) is 12.9. The number of benzene rings is 2. The van der Waals surface area contributed by atoms with Crippen LogP contribution in [0.25, 0.3) is 0 Å². The van der Waals surface area contributed by atoms with Gasteiger partial charge in [-0.15, -0.1) is 11.8 Å². The minimum absolute atomic E-state index is 0.0613. The van der Waals surface area contributed by atoms with Crippen molar-refractivity contribution in [2.24, 2.45) is 0 Å². The molecule has 1 atom stereocenters. The maximum absolute atomic E-state index is 12.7. The molecule has 1 fully saturated rings. The van der Waals surface area contributed by atoms with E-state index in [2.05, 4.69) is 0 Å².